The van der Waals surface area contributed by atoms with Crippen LogP contribution >= 0.6 is 0 Å². The van der Waals surface area contributed by atoms with Gasteiger partial charge in [0.15, 0.2) is 12.2 Å². The van der Waals surface area contributed by atoms with Crippen LogP contribution in [0.4, 0.5) is 0 Å². The first-order valence-corrected chi connectivity index (χ1v) is 6.67. The van der Waals surface area contributed by atoms with Crippen LogP contribution in [0.15, 0.2) is 30.3 Å². The Morgan fingerprint density at radius 3 is 1.91 bits per heavy atom. The Morgan fingerprint density at radius 2 is 1.36 bits per heavy atom. The smallest absolute Gasteiger partial charge is 0.352 e. The molecule has 0 saturated carbocycles. The van der Waals surface area contributed by atoms with Gasteiger partial charge < -0.3 is 19.3 Å². The summed E-state index contributed by atoms with van der Waals surface area (Å²) in [4.78, 5) is 34.6. The fraction of sp³-hybridized carbons (Fsp3) is 0.400. The van der Waals surface area contributed by atoms with Gasteiger partial charge in [0.05, 0.1) is 0 Å². The summed E-state index contributed by atoms with van der Waals surface area (Å²) in [5, 5.41) is 8.99. The molecule has 0 fully saturated rings. The van der Waals surface area contributed by atoms with Crippen LogP contribution in [0, 0.1) is 0 Å². The van der Waals surface area contributed by atoms with Gasteiger partial charge in [0.25, 0.3) is 0 Å². The molecule has 0 aromatic heterocycles. The van der Waals surface area contributed by atoms with E-state index < -0.39 is 36.2 Å². The molecule has 0 bridgehead atoms. The number of rotatable bonds is 6. The summed E-state index contributed by atoms with van der Waals surface area (Å²) in [7, 11) is 0. The summed E-state index contributed by atoms with van der Waals surface area (Å²) in [5.41, 5.74) is 0. The Hall–Kier alpha value is -2.41. The van der Waals surface area contributed by atoms with Gasteiger partial charge in [-0.15, -0.1) is 0 Å². The minimum Gasteiger partial charge on any atom is -0.449 e. The van der Waals surface area contributed by atoms with Gasteiger partial charge in [-0.1, -0.05) is 18.2 Å². The fourth-order valence-electron chi connectivity index (χ4n) is 1.33. The Kier molecular flexibility index (Phi) is 6.52. The number of aliphatic hydroxyl groups is 1. The van der Waals surface area contributed by atoms with Crippen LogP contribution in [0.3, 0.4) is 0 Å². The molecule has 0 radical (unpaired) electrons. The van der Waals surface area contributed by atoms with Crippen LogP contribution in [0.25, 0.3) is 0 Å². The van der Waals surface area contributed by atoms with Gasteiger partial charge >= 0.3 is 17.9 Å². The van der Waals surface area contributed by atoms with Crippen LogP contribution in [0.5, 0.6) is 5.75 Å². The second-order valence-electron chi connectivity index (χ2n) is 4.57. The topological polar surface area (TPSA) is 99.1 Å². The first-order chi connectivity index (χ1) is 10.3. The van der Waals surface area contributed by atoms with E-state index >= 15 is 0 Å². The van der Waals surface area contributed by atoms with Gasteiger partial charge in [-0.3, -0.25) is 0 Å². The summed E-state index contributed by atoms with van der Waals surface area (Å²) in [6, 6.07) is 8.31. The number of carbonyl (C=O) groups is 3. The lowest BCUT2D eigenvalue weighted by molar-refractivity contribution is -0.177. The zero-order chi connectivity index (χ0) is 16.7. The van der Waals surface area contributed by atoms with Crippen LogP contribution in [-0.2, 0) is 23.9 Å². The van der Waals surface area contributed by atoms with E-state index in [2.05, 4.69) is 4.74 Å². The maximum absolute atomic E-state index is 11.8. The molecule has 120 valence electrons. The minimum absolute atomic E-state index is 0.323. The molecule has 0 saturated heterocycles. The molecule has 7 nitrogen and oxygen atoms in total. The van der Waals surface area contributed by atoms with E-state index in [1.54, 1.807) is 30.3 Å². The third kappa shape index (κ3) is 5.53. The third-order valence-electron chi connectivity index (χ3n) is 2.55. The standard InChI is InChI=1S/C15H18O7/c1-9(16)13(17)20-10(2)14(18)21-11(3)15(19)22-12-7-5-4-6-8-12/h4-11,16H,1-3H3. The molecule has 0 aliphatic carbocycles. The van der Waals surface area contributed by atoms with Crippen molar-refractivity contribution in [1.29, 1.82) is 0 Å². The minimum atomic E-state index is -1.35. The number of carbonyl (C=O) groups excluding carboxylic acids is 3. The summed E-state index contributed by atoms with van der Waals surface area (Å²) >= 11 is 0. The van der Waals surface area contributed by atoms with Crippen molar-refractivity contribution in [3.8, 4) is 5.75 Å². The average molecular weight is 310 g/mol. The van der Waals surface area contributed by atoms with Gasteiger partial charge in [0, 0.05) is 0 Å². The number of hydrogen-bond acceptors (Lipinski definition) is 7. The number of aliphatic hydroxyl groups excluding tert-OH is 1. The van der Waals surface area contributed by atoms with Crippen LogP contribution in [-0.4, -0.2) is 41.3 Å². The number of benzene rings is 1. The summed E-state index contributed by atoms with van der Waals surface area (Å²) < 4.78 is 14.5. The molecule has 0 spiro atoms. The van der Waals surface area contributed by atoms with E-state index in [1.165, 1.54) is 20.8 Å². The number of esters is 3. The molecule has 0 aliphatic heterocycles. The molecule has 1 aromatic rings. The van der Waals surface area contributed by atoms with E-state index in [0.29, 0.717) is 5.75 Å². The Bertz CT molecular complexity index is 524. The second-order valence-corrected chi connectivity index (χ2v) is 4.57. The first-order valence-electron chi connectivity index (χ1n) is 6.67. The van der Waals surface area contributed by atoms with Crippen molar-refractivity contribution in [2.45, 2.75) is 39.1 Å². The zero-order valence-corrected chi connectivity index (χ0v) is 12.5. The van der Waals surface area contributed by atoms with Crippen molar-refractivity contribution in [2.24, 2.45) is 0 Å². The van der Waals surface area contributed by atoms with Gasteiger partial charge in [-0.25, -0.2) is 14.4 Å². The van der Waals surface area contributed by atoms with Crippen molar-refractivity contribution in [3.05, 3.63) is 30.3 Å². The molecule has 1 aromatic carbocycles. The molecular weight excluding hydrogens is 292 g/mol. The molecule has 1 N–H and O–H groups in total. The molecular formula is C15H18O7. The lowest BCUT2D eigenvalue weighted by Gasteiger charge is -2.17. The highest BCUT2D eigenvalue weighted by atomic mass is 16.6. The maximum Gasteiger partial charge on any atom is 0.352 e. The molecule has 1 rings (SSSR count). The van der Waals surface area contributed by atoms with E-state index in [-0.39, 0.29) is 0 Å². The Balaban J connectivity index is 2.49. The molecule has 22 heavy (non-hydrogen) atoms. The lowest BCUT2D eigenvalue weighted by Crippen LogP contribution is -2.35. The molecule has 0 heterocycles. The predicted octanol–water partition coefficient (Wildman–Crippen LogP) is 0.836. The normalized spacial score (nSPS) is 14.4. The molecule has 3 atom stereocenters. The fourth-order valence-corrected chi connectivity index (χ4v) is 1.33. The molecule has 0 amide bonds. The summed E-state index contributed by atoms with van der Waals surface area (Å²) in [5.74, 6) is -2.30. The van der Waals surface area contributed by atoms with Crippen LogP contribution < -0.4 is 4.74 Å². The zero-order valence-electron chi connectivity index (χ0n) is 12.5. The lowest BCUT2D eigenvalue weighted by atomic mass is 10.3. The van der Waals surface area contributed by atoms with E-state index in [1.807, 2.05) is 0 Å². The monoisotopic (exact) mass is 310 g/mol. The van der Waals surface area contributed by atoms with E-state index in [0.717, 1.165) is 0 Å². The highest BCUT2D eigenvalue weighted by molar-refractivity contribution is 5.84. The molecule has 0 aliphatic rings. The van der Waals surface area contributed by atoms with Gasteiger partial charge in [0.2, 0.25) is 0 Å². The first kappa shape index (κ1) is 17.6. The SMILES string of the molecule is CC(O)C(=O)OC(C)C(=O)OC(C)C(=O)Oc1ccccc1. The van der Waals surface area contributed by atoms with Gasteiger partial charge in [0.1, 0.15) is 11.9 Å². The van der Waals surface area contributed by atoms with Crippen molar-refractivity contribution < 1.29 is 33.7 Å². The number of hydrogen-bond donors (Lipinski definition) is 1. The average Bonchev–Trinajstić information content (AvgIpc) is 2.47. The van der Waals surface area contributed by atoms with Gasteiger partial charge in [-0.2, -0.15) is 0 Å². The van der Waals surface area contributed by atoms with Crippen LogP contribution in [0.2, 0.25) is 0 Å². The maximum atomic E-state index is 11.8. The third-order valence-corrected chi connectivity index (χ3v) is 2.55. The summed E-state index contributed by atoms with van der Waals surface area (Å²) in [6.07, 6.45) is -3.76. The number of ether oxygens (including phenoxy) is 3. The Labute approximate surface area is 127 Å². The molecule has 7 heteroatoms. The predicted molar refractivity (Wildman–Crippen MR) is 74.9 cm³/mol. The quantitative estimate of drug-likeness (QED) is 0.614. The highest BCUT2D eigenvalue weighted by Gasteiger charge is 2.26. The summed E-state index contributed by atoms with van der Waals surface area (Å²) in [6.45, 7) is 3.82. The van der Waals surface area contributed by atoms with E-state index in [4.69, 9.17) is 14.6 Å². The largest absolute Gasteiger partial charge is 0.449 e. The van der Waals surface area contributed by atoms with Crippen molar-refractivity contribution in [1.82, 2.24) is 0 Å². The van der Waals surface area contributed by atoms with Crippen molar-refractivity contribution in [2.75, 3.05) is 0 Å². The van der Waals surface area contributed by atoms with E-state index in [9.17, 15) is 14.4 Å². The Morgan fingerprint density at radius 1 is 0.864 bits per heavy atom. The van der Waals surface area contributed by atoms with Crippen molar-refractivity contribution >= 4 is 17.9 Å². The number of para-hydroxylation sites is 1. The molecule has 3 unspecified atom stereocenters. The van der Waals surface area contributed by atoms with Gasteiger partial charge in [-0.05, 0) is 32.9 Å². The highest BCUT2D eigenvalue weighted by Crippen LogP contribution is 2.10. The second kappa shape index (κ2) is 8.14. The van der Waals surface area contributed by atoms with Crippen LogP contribution in [0.1, 0.15) is 20.8 Å². The van der Waals surface area contributed by atoms with Crippen molar-refractivity contribution in [3.63, 3.8) is 0 Å².